The van der Waals surface area contributed by atoms with E-state index in [2.05, 4.69) is 5.32 Å². The first kappa shape index (κ1) is 15.0. The zero-order chi connectivity index (χ0) is 15.6. The largest absolute Gasteiger partial charge is 0.320 e. The summed E-state index contributed by atoms with van der Waals surface area (Å²) in [5.41, 5.74) is 0.908. The van der Waals surface area contributed by atoms with Gasteiger partial charge < -0.3 is 5.32 Å². The molecule has 0 saturated carbocycles. The highest BCUT2D eigenvalue weighted by molar-refractivity contribution is 6.13. The molecule has 5 heteroatoms. The smallest absolute Gasteiger partial charge is 0.277 e. The van der Waals surface area contributed by atoms with Gasteiger partial charge in [-0.25, -0.2) is 0 Å². The van der Waals surface area contributed by atoms with Gasteiger partial charge in [-0.05, 0) is 17.6 Å². The Morgan fingerprint density at radius 3 is 2.38 bits per heavy atom. The molecule has 1 aromatic carbocycles. The maximum atomic E-state index is 12.5. The average molecular weight is 286 g/mol. The summed E-state index contributed by atoms with van der Waals surface area (Å²) in [5, 5.41) is 2.61. The van der Waals surface area contributed by atoms with Crippen LogP contribution in [-0.4, -0.2) is 28.7 Å². The number of nitrogens with one attached hydrogen (secondary N) is 1. The van der Waals surface area contributed by atoms with Crippen molar-refractivity contribution in [3.8, 4) is 0 Å². The fourth-order valence-electron chi connectivity index (χ4n) is 2.39. The zero-order valence-corrected chi connectivity index (χ0v) is 12.3. The van der Waals surface area contributed by atoms with Crippen LogP contribution in [0.25, 0.3) is 6.08 Å². The number of imide groups is 1. The van der Waals surface area contributed by atoms with E-state index in [4.69, 9.17) is 0 Å². The van der Waals surface area contributed by atoms with Crippen molar-refractivity contribution >= 4 is 23.8 Å². The topological polar surface area (TPSA) is 66.5 Å². The van der Waals surface area contributed by atoms with Gasteiger partial charge >= 0.3 is 0 Å². The Morgan fingerprint density at radius 2 is 1.86 bits per heavy atom. The molecule has 2 rings (SSSR count). The molecule has 0 aromatic heterocycles. The third kappa shape index (κ3) is 3.02. The van der Waals surface area contributed by atoms with E-state index in [0.29, 0.717) is 0 Å². The van der Waals surface area contributed by atoms with Crippen LogP contribution in [-0.2, 0) is 14.4 Å². The molecule has 110 valence electrons. The summed E-state index contributed by atoms with van der Waals surface area (Å²) in [7, 11) is 0. The Kier molecular flexibility index (Phi) is 4.21. The molecule has 1 heterocycles. The second kappa shape index (κ2) is 5.91. The molecule has 5 nitrogen and oxygen atoms in total. The lowest BCUT2D eigenvalue weighted by Crippen LogP contribution is -2.60. The summed E-state index contributed by atoms with van der Waals surface area (Å²) in [6, 6.07) is 8.41. The monoisotopic (exact) mass is 286 g/mol. The fourth-order valence-corrected chi connectivity index (χ4v) is 2.39. The van der Waals surface area contributed by atoms with Gasteiger partial charge in [-0.1, -0.05) is 44.2 Å². The van der Waals surface area contributed by atoms with Crippen LogP contribution in [0.15, 0.2) is 36.0 Å². The number of amides is 3. The number of rotatable bonds is 2. The number of benzene rings is 1. The molecule has 3 amide bonds. The molecule has 1 saturated heterocycles. The SMILES string of the molecule is CC(=O)N1C(=O)/C(=C/c2ccccc2)NC(=O)[C@@H]1C(C)C. The standard InChI is InChI=1S/C16H18N2O3/c1-10(2)14-15(20)17-13(16(21)18(14)11(3)19)9-12-7-5-4-6-8-12/h4-10,14H,1-3H3,(H,17,20)/b13-9-/t14-/m0/s1. The lowest BCUT2D eigenvalue weighted by Gasteiger charge is -2.35. The molecule has 0 bridgehead atoms. The van der Waals surface area contributed by atoms with E-state index >= 15 is 0 Å². The minimum atomic E-state index is -0.761. The summed E-state index contributed by atoms with van der Waals surface area (Å²) in [4.78, 5) is 37.5. The molecule has 0 radical (unpaired) electrons. The Balaban J connectivity index is 2.40. The van der Waals surface area contributed by atoms with Gasteiger partial charge in [0, 0.05) is 6.92 Å². The van der Waals surface area contributed by atoms with Crippen molar-refractivity contribution in [1.29, 1.82) is 0 Å². The van der Waals surface area contributed by atoms with Crippen molar-refractivity contribution in [2.45, 2.75) is 26.8 Å². The first-order chi connectivity index (χ1) is 9.91. The first-order valence-electron chi connectivity index (χ1n) is 6.83. The second-order valence-electron chi connectivity index (χ2n) is 5.34. The number of hydrogen-bond donors (Lipinski definition) is 1. The molecule has 1 aliphatic heterocycles. The van der Waals surface area contributed by atoms with Gasteiger partial charge in [0.25, 0.3) is 5.91 Å². The van der Waals surface area contributed by atoms with E-state index in [9.17, 15) is 14.4 Å². The summed E-state index contributed by atoms with van der Waals surface area (Å²) < 4.78 is 0. The molecule has 1 fully saturated rings. The fraction of sp³-hybridized carbons (Fsp3) is 0.312. The summed E-state index contributed by atoms with van der Waals surface area (Å²) in [5.74, 6) is -1.37. The third-order valence-corrected chi connectivity index (χ3v) is 3.34. The van der Waals surface area contributed by atoms with Crippen LogP contribution in [0.1, 0.15) is 26.3 Å². The van der Waals surface area contributed by atoms with Crippen LogP contribution in [0.5, 0.6) is 0 Å². The number of piperazine rings is 1. The normalized spacial score (nSPS) is 20.9. The number of carbonyl (C=O) groups is 3. The van der Waals surface area contributed by atoms with E-state index in [1.165, 1.54) is 6.92 Å². The summed E-state index contributed by atoms with van der Waals surface area (Å²) >= 11 is 0. The Labute approximate surface area is 123 Å². The van der Waals surface area contributed by atoms with Gasteiger partial charge in [0.2, 0.25) is 11.8 Å². The second-order valence-corrected chi connectivity index (χ2v) is 5.34. The van der Waals surface area contributed by atoms with Gasteiger partial charge in [0.05, 0.1) is 0 Å². The Hall–Kier alpha value is -2.43. The van der Waals surface area contributed by atoms with Gasteiger partial charge in [-0.2, -0.15) is 0 Å². The predicted molar refractivity (Wildman–Crippen MR) is 78.7 cm³/mol. The Bertz CT molecular complexity index is 605. The van der Waals surface area contributed by atoms with Crippen molar-refractivity contribution in [1.82, 2.24) is 10.2 Å². The number of nitrogens with zero attached hydrogens (tertiary/aromatic N) is 1. The molecule has 1 aliphatic rings. The van der Waals surface area contributed by atoms with E-state index < -0.39 is 17.9 Å². The van der Waals surface area contributed by atoms with Crippen molar-refractivity contribution in [2.24, 2.45) is 5.92 Å². The third-order valence-electron chi connectivity index (χ3n) is 3.34. The van der Waals surface area contributed by atoms with Crippen LogP contribution >= 0.6 is 0 Å². The number of hydrogen-bond acceptors (Lipinski definition) is 3. The molecular weight excluding hydrogens is 268 g/mol. The van der Waals surface area contributed by atoms with Crippen LogP contribution < -0.4 is 5.32 Å². The van der Waals surface area contributed by atoms with Gasteiger partial charge in [0.15, 0.2) is 0 Å². The quantitative estimate of drug-likeness (QED) is 0.839. The Morgan fingerprint density at radius 1 is 1.24 bits per heavy atom. The molecule has 1 N–H and O–H groups in total. The van der Waals surface area contributed by atoms with Crippen molar-refractivity contribution < 1.29 is 14.4 Å². The maximum absolute atomic E-state index is 12.5. The average Bonchev–Trinajstić information content (AvgIpc) is 2.42. The maximum Gasteiger partial charge on any atom is 0.277 e. The molecule has 0 unspecified atom stereocenters. The van der Waals surface area contributed by atoms with Crippen LogP contribution in [0.4, 0.5) is 0 Å². The zero-order valence-electron chi connectivity index (χ0n) is 12.3. The lowest BCUT2D eigenvalue weighted by atomic mass is 9.98. The molecule has 1 atom stereocenters. The van der Waals surface area contributed by atoms with Crippen LogP contribution in [0, 0.1) is 5.92 Å². The molecule has 0 aliphatic carbocycles. The minimum absolute atomic E-state index is 0.123. The molecule has 21 heavy (non-hydrogen) atoms. The molecular formula is C16H18N2O3. The summed E-state index contributed by atoms with van der Waals surface area (Å²) in [6.07, 6.45) is 1.58. The van der Waals surface area contributed by atoms with Gasteiger partial charge in [0.1, 0.15) is 11.7 Å². The van der Waals surface area contributed by atoms with Gasteiger partial charge in [-0.15, -0.1) is 0 Å². The highest BCUT2D eigenvalue weighted by atomic mass is 16.2. The molecule has 0 spiro atoms. The first-order valence-corrected chi connectivity index (χ1v) is 6.83. The lowest BCUT2D eigenvalue weighted by molar-refractivity contribution is -0.153. The van der Waals surface area contributed by atoms with Crippen molar-refractivity contribution in [3.05, 3.63) is 41.6 Å². The van der Waals surface area contributed by atoms with Crippen LogP contribution in [0.3, 0.4) is 0 Å². The van der Waals surface area contributed by atoms with E-state index in [0.717, 1.165) is 10.5 Å². The van der Waals surface area contributed by atoms with E-state index in [1.807, 2.05) is 30.3 Å². The highest BCUT2D eigenvalue weighted by Crippen LogP contribution is 2.20. The van der Waals surface area contributed by atoms with E-state index in [1.54, 1.807) is 19.9 Å². The van der Waals surface area contributed by atoms with Crippen molar-refractivity contribution in [2.75, 3.05) is 0 Å². The minimum Gasteiger partial charge on any atom is -0.320 e. The highest BCUT2D eigenvalue weighted by Gasteiger charge is 2.41. The summed E-state index contributed by atoms with van der Waals surface area (Å²) in [6.45, 7) is 4.91. The van der Waals surface area contributed by atoms with Gasteiger partial charge in [-0.3, -0.25) is 19.3 Å². The number of carbonyl (C=O) groups excluding carboxylic acids is 3. The van der Waals surface area contributed by atoms with E-state index in [-0.39, 0.29) is 17.5 Å². The van der Waals surface area contributed by atoms with Crippen molar-refractivity contribution in [3.63, 3.8) is 0 Å². The van der Waals surface area contributed by atoms with Crippen LogP contribution in [0.2, 0.25) is 0 Å². The molecule has 1 aromatic rings. The predicted octanol–water partition coefficient (Wildman–Crippen LogP) is 1.56.